The monoisotopic (exact) mass is 290 g/mol. The standard InChI is InChI=1S/C12H22N2O6/c1-3-5-7-19-11(17)13-9(10(15)16)14-12(18)20-8-6-4-2/h9H,3-8H2,1-2H3,(H,13,17)(H,14,18)(H,15,16). The first-order valence-electron chi connectivity index (χ1n) is 6.60. The smallest absolute Gasteiger partial charge is 0.409 e. The first kappa shape index (κ1) is 18.0. The zero-order chi connectivity index (χ0) is 15.4. The Labute approximate surface area is 117 Å². The van der Waals surface area contributed by atoms with Gasteiger partial charge in [0.05, 0.1) is 13.2 Å². The number of rotatable bonds is 9. The second kappa shape index (κ2) is 10.9. The molecule has 0 atom stereocenters. The minimum atomic E-state index is -1.58. The van der Waals surface area contributed by atoms with Crippen LogP contribution in [0.25, 0.3) is 0 Å². The molecule has 116 valence electrons. The summed E-state index contributed by atoms with van der Waals surface area (Å²) >= 11 is 0. The highest BCUT2D eigenvalue weighted by atomic mass is 16.6. The molecule has 0 saturated carbocycles. The highest BCUT2D eigenvalue weighted by molar-refractivity contribution is 5.83. The van der Waals surface area contributed by atoms with Crippen molar-refractivity contribution in [2.24, 2.45) is 0 Å². The van der Waals surface area contributed by atoms with Gasteiger partial charge in [0.2, 0.25) is 6.17 Å². The highest BCUT2D eigenvalue weighted by Crippen LogP contribution is 1.92. The number of amides is 2. The molecule has 0 aliphatic carbocycles. The topological polar surface area (TPSA) is 114 Å². The Morgan fingerprint density at radius 3 is 1.65 bits per heavy atom. The maximum atomic E-state index is 11.3. The number of hydrogen-bond donors (Lipinski definition) is 3. The molecule has 20 heavy (non-hydrogen) atoms. The van der Waals surface area contributed by atoms with Crippen LogP contribution in [-0.4, -0.2) is 42.6 Å². The van der Waals surface area contributed by atoms with Gasteiger partial charge in [-0.1, -0.05) is 26.7 Å². The molecule has 0 aliphatic rings. The minimum absolute atomic E-state index is 0.190. The van der Waals surface area contributed by atoms with Crippen molar-refractivity contribution in [3.05, 3.63) is 0 Å². The second-order valence-electron chi connectivity index (χ2n) is 4.04. The van der Waals surface area contributed by atoms with Crippen LogP contribution in [0.15, 0.2) is 0 Å². The molecular weight excluding hydrogens is 268 g/mol. The van der Waals surface area contributed by atoms with E-state index < -0.39 is 24.3 Å². The molecule has 2 amide bonds. The summed E-state index contributed by atoms with van der Waals surface area (Å²) in [6.07, 6.45) is -0.345. The predicted octanol–water partition coefficient (Wildman–Crippen LogP) is 1.45. The Balaban J connectivity index is 4.12. The van der Waals surface area contributed by atoms with Gasteiger partial charge < -0.3 is 14.6 Å². The van der Waals surface area contributed by atoms with Gasteiger partial charge >= 0.3 is 18.2 Å². The van der Waals surface area contributed by atoms with Crippen LogP contribution in [0.5, 0.6) is 0 Å². The van der Waals surface area contributed by atoms with Crippen LogP contribution in [0.1, 0.15) is 39.5 Å². The van der Waals surface area contributed by atoms with E-state index in [1.807, 2.05) is 24.5 Å². The minimum Gasteiger partial charge on any atom is -0.478 e. The molecular formula is C12H22N2O6. The summed E-state index contributed by atoms with van der Waals surface area (Å²) in [5.41, 5.74) is 0. The third-order valence-electron chi connectivity index (χ3n) is 2.23. The Hall–Kier alpha value is -1.99. The quantitative estimate of drug-likeness (QED) is 0.437. The summed E-state index contributed by atoms with van der Waals surface area (Å²) in [7, 11) is 0. The Morgan fingerprint density at radius 2 is 1.35 bits per heavy atom. The lowest BCUT2D eigenvalue weighted by Gasteiger charge is -2.15. The van der Waals surface area contributed by atoms with E-state index in [0.717, 1.165) is 12.8 Å². The van der Waals surface area contributed by atoms with Crippen LogP contribution >= 0.6 is 0 Å². The van der Waals surface area contributed by atoms with Crippen LogP contribution in [0.2, 0.25) is 0 Å². The summed E-state index contributed by atoms with van der Waals surface area (Å²) in [4.78, 5) is 33.5. The molecule has 0 unspecified atom stereocenters. The lowest BCUT2D eigenvalue weighted by atomic mass is 10.4. The van der Waals surface area contributed by atoms with Gasteiger partial charge in [0.25, 0.3) is 0 Å². The molecule has 0 radical (unpaired) electrons. The van der Waals surface area contributed by atoms with Crippen molar-refractivity contribution in [2.45, 2.75) is 45.7 Å². The van der Waals surface area contributed by atoms with Crippen LogP contribution in [0, 0.1) is 0 Å². The number of ether oxygens (including phenoxy) is 2. The normalized spacial score (nSPS) is 9.95. The van der Waals surface area contributed by atoms with Crippen LogP contribution in [0.3, 0.4) is 0 Å². The maximum Gasteiger partial charge on any atom is 0.409 e. The Morgan fingerprint density at radius 1 is 0.950 bits per heavy atom. The number of aliphatic carboxylic acids is 1. The van der Waals surface area contributed by atoms with E-state index in [1.54, 1.807) is 0 Å². The van der Waals surface area contributed by atoms with Gasteiger partial charge in [0, 0.05) is 0 Å². The first-order chi connectivity index (χ1) is 9.51. The summed E-state index contributed by atoms with van der Waals surface area (Å²) in [5.74, 6) is -1.41. The van der Waals surface area contributed by atoms with E-state index in [2.05, 4.69) is 0 Å². The predicted molar refractivity (Wildman–Crippen MR) is 70.2 cm³/mol. The summed E-state index contributed by atoms with van der Waals surface area (Å²) in [6, 6.07) is 0. The lowest BCUT2D eigenvalue weighted by Crippen LogP contribution is -2.53. The molecule has 0 aromatic carbocycles. The van der Waals surface area contributed by atoms with E-state index in [9.17, 15) is 14.4 Å². The molecule has 0 fully saturated rings. The van der Waals surface area contributed by atoms with Crippen molar-refractivity contribution in [3.8, 4) is 0 Å². The van der Waals surface area contributed by atoms with E-state index >= 15 is 0 Å². The van der Waals surface area contributed by atoms with Gasteiger partial charge in [0.1, 0.15) is 0 Å². The molecule has 0 aromatic rings. The lowest BCUT2D eigenvalue weighted by molar-refractivity contribution is -0.140. The van der Waals surface area contributed by atoms with Crippen molar-refractivity contribution < 1.29 is 29.0 Å². The maximum absolute atomic E-state index is 11.3. The zero-order valence-electron chi connectivity index (χ0n) is 11.8. The average molecular weight is 290 g/mol. The number of carbonyl (C=O) groups excluding carboxylic acids is 2. The Bertz CT molecular complexity index is 297. The molecule has 0 saturated heterocycles. The largest absolute Gasteiger partial charge is 0.478 e. The second-order valence-corrected chi connectivity index (χ2v) is 4.04. The molecule has 0 spiro atoms. The molecule has 3 N–H and O–H groups in total. The van der Waals surface area contributed by atoms with Crippen LogP contribution in [-0.2, 0) is 14.3 Å². The number of alkyl carbamates (subject to hydrolysis) is 2. The first-order valence-corrected chi connectivity index (χ1v) is 6.60. The van der Waals surface area contributed by atoms with Gasteiger partial charge in [0.15, 0.2) is 0 Å². The molecule has 0 heterocycles. The molecule has 8 heteroatoms. The number of nitrogens with one attached hydrogen (secondary N) is 2. The number of carboxylic acids is 1. The van der Waals surface area contributed by atoms with Crippen LogP contribution in [0.4, 0.5) is 9.59 Å². The van der Waals surface area contributed by atoms with Crippen molar-refractivity contribution in [3.63, 3.8) is 0 Å². The molecule has 0 aromatic heterocycles. The fourth-order valence-corrected chi connectivity index (χ4v) is 1.10. The van der Waals surface area contributed by atoms with Crippen molar-refractivity contribution in [2.75, 3.05) is 13.2 Å². The van der Waals surface area contributed by atoms with Gasteiger partial charge in [-0.05, 0) is 12.8 Å². The molecule has 8 nitrogen and oxygen atoms in total. The summed E-state index contributed by atoms with van der Waals surface area (Å²) < 4.78 is 9.48. The van der Waals surface area contributed by atoms with Crippen molar-refractivity contribution in [1.29, 1.82) is 0 Å². The van der Waals surface area contributed by atoms with E-state index in [0.29, 0.717) is 12.8 Å². The zero-order valence-corrected chi connectivity index (χ0v) is 11.8. The van der Waals surface area contributed by atoms with Crippen molar-refractivity contribution in [1.82, 2.24) is 10.6 Å². The van der Waals surface area contributed by atoms with Crippen molar-refractivity contribution >= 4 is 18.2 Å². The highest BCUT2D eigenvalue weighted by Gasteiger charge is 2.23. The van der Waals surface area contributed by atoms with Gasteiger partial charge in [-0.3, -0.25) is 10.6 Å². The van der Waals surface area contributed by atoms with E-state index in [-0.39, 0.29) is 13.2 Å². The van der Waals surface area contributed by atoms with E-state index in [4.69, 9.17) is 14.6 Å². The molecule has 0 aliphatic heterocycles. The third-order valence-corrected chi connectivity index (χ3v) is 2.23. The number of carboxylic acid groups (broad SMARTS) is 1. The number of unbranched alkanes of at least 4 members (excludes halogenated alkanes) is 2. The van der Waals surface area contributed by atoms with Gasteiger partial charge in [-0.25, -0.2) is 14.4 Å². The fraction of sp³-hybridized carbons (Fsp3) is 0.750. The van der Waals surface area contributed by atoms with E-state index in [1.165, 1.54) is 0 Å². The molecule has 0 rings (SSSR count). The van der Waals surface area contributed by atoms with Crippen LogP contribution < -0.4 is 10.6 Å². The summed E-state index contributed by atoms with van der Waals surface area (Å²) in [6.45, 7) is 4.23. The number of carbonyl (C=O) groups is 3. The third kappa shape index (κ3) is 9.01. The summed E-state index contributed by atoms with van der Waals surface area (Å²) in [5, 5.41) is 12.9. The van der Waals surface area contributed by atoms with Gasteiger partial charge in [-0.15, -0.1) is 0 Å². The molecule has 0 bridgehead atoms. The van der Waals surface area contributed by atoms with Gasteiger partial charge in [-0.2, -0.15) is 0 Å². The Kier molecular flexibility index (Phi) is 9.81. The SMILES string of the molecule is CCCCOC(=O)NC(NC(=O)OCCCC)C(=O)O. The fourth-order valence-electron chi connectivity index (χ4n) is 1.10. The number of hydrogen-bond acceptors (Lipinski definition) is 5. The average Bonchev–Trinajstić information content (AvgIpc) is 2.38.